The Morgan fingerprint density at radius 2 is 0.889 bits per heavy atom. The number of unbranched alkanes of at least 4 members (excludes halogenated alkanes) is 5. The molecular weight excluding hydrogens is 224 g/mol. The first-order valence-corrected chi connectivity index (χ1v) is 8.06. The summed E-state index contributed by atoms with van der Waals surface area (Å²) in [6.07, 6.45) is 13.3. The van der Waals surface area contributed by atoms with Gasteiger partial charge < -0.3 is 10.2 Å². The maximum atomic E-state index is 9.57. The van der Waals surface area contributed by atoms with Gasteiger partial charge in [0.05, 0.1) is 12.2 Å². The molecule has 0 rings (SSSR count). The number of aliphatic hydroxyl groups excluding tert-OH is 2. The summed E-state index contributed by atoms with van der Waals surface area (Å²) in [6, 6.07) is 0. The molecule has 2 heteroatoms. The van der Waals surface area contributed by atoms with Crippen molar-refractivity contribution >= 4 is 0 Å². The summed E-state index contributed by atoms with van der Waals surface area (Å²) in [5.41, 5.74) is 0. The highest BCUT2D eigenvalue weighted by atomic mass is 16.3. The maximum Gasteiger partial charge on any atom is 0.0540 e. The van der Waals surface area contributed by atoms with Crippen LogP contribution >= 0.6 is 0 Å². The fraction of sp³-hybridized carbons (Fsp3) is 1.00. The van der Waals surface area contributed by atoms with Crippen LogP contribution in [0.3, 0.4) is 0 Å². The normalized spacial score (nSPS) is 14.7. The molecule has 0 saturated carbocycles. The fourth-order valence-electron chi connectivity index (χ4n) is 2.42. The van der Waals surface area contributed by atoms with Crippen LogP contribution in [0.4, 0.5) is 0 Å². The first kappa shape index (κ1) is 17.9. The first-order chi connectivity index (χ1) is 8.70. The van der Waals surface area contributed by atoms with E-state index in [-0.39, 0.29) is 12.2 Å². The van der Waals surface area contributed by atoms with E-state index >= 15 is 0 Å². The summed E-state index contributed by atoms with van der Waals surface area (Å²) in [4.78, 5) is 0. The Bertz CT molecular complexity index is 141. The molecule has 0 aromatic heterocycles. The van der Waals surface area contributed by atoms with Crippen molar-refractivity contribution < 1.29 is 10.2 Å². The fourth-order valence-corrected chi connectivity index (χ4v) is 2.42. The molecule has 0 fully saturated rings. The number of hydrogen-bond acceptors (Lipinski definition) is 2. The monoisotopic (exact) mass is 258 g/mol. The van der Waals surface area contributed by atoms with Crippen LogP contribution in [0.15, 0.2) is 0 Å². The SMILES string of the molecule is CCCC(O)CCCCCCCCC(O)CCC. The van der Waals surface area contributed by atoms with Gasteiger partial charge >= 0.3 is 0 Å². The van der Waals surface area contributed by atoms with Crippen LogP contribution in [0, 0.1) is 0 Å². The zero-order chi connectivity index (χ0) is 13.6. The van der Waals surface area contributed by atoms with E-state index in [1.807, 2.05) is 0 Å². The van der Waals surface area contributed by atoms with Gasteiger partial charge in [0.25, 0.3) is 0 Å². The highest BCUT2D eigenvalue weighted by molar-refractivity contribution is 4.57. The molecule has 0 aromatic rings. The lowest BCUT2D eigenvalue weighted by atomic mass is 10.0. The van der Waals surface area contributed by atoms with Crippen molar-refractivity contribution in [2.45, 2.75) is 103 Å². The largest absolute Gasteiger partial charge is 0.393 e. The van der Waals surface area contributed by atoms with Gasteiger partial charge in [-0.1, -0.05) is 65.2 Å². The molecule has 2 nitrogen and oxygen atoms in total. The van der Waals surface area contributed by atoms with E-state index in [9.17, 15) is 10.2 Å². The van der Waals surface area contributed by atoms with Crippen molar-refractivity contribution in [3.63, 3.8) is 0 Å². The average molecular weight is 258 g/mol. The first-order valence-electron chi connectivity index (χ1n) is 8.06. The maximum absolute atomic E-state index is 9.57. The third-order valence-corrected chi connectivity index (χ3v) is 3.57. The molecule has 2 atom stereocenters. The zero-order valence-corrected chi connectivity index (χ0v) is 12.5. The Labute approximate surface area is 114 Å². The smallest absolute Gasteiger partial charge is 0.0540 e. The van der Waals surface area contributed by atoms with Gasteiger partial charge in [0.15, 0.2) is 0 Å². The average Bonchev–Trinajstić information content (AvgIpc) is 2.33. The molecule has 18 heavy (non-hydrogen) atoms. The van der Waals surface area contributed by atoms with Crippen molar-refractivity contribution in [3.05, 3.63) is 0 Å². The minimum atomic E-state index is -0.0702. The number of hydrogen-bond donors (Lipinski definition) is 2. The molecule has 0 saturated heterocycles. The summed E-state index contributed by atoms with van der Waals surface area (Å²) in [7, 11) is 0. The second-order valence-electron chi connectivity index (χ2n) is 5.58. The Morgan fingerprint density at radius 1 is 0.556 bits per heavy atom. The molecule has 2 N–H and O–H groups in total. The van der Waals surface area contributed by atoms with Crippen molar-refractivity contribution in [2.24, 2.45) is 0 Å². The number of rotatable bonds is 13. The van der Waals surface area contributed by atoms with Crippen LogP contribution in [-0.4, -0.2) is 22.4 Å². The molecular formula is C16H34O2. The van der Waals surface area contributed by atoms with Crippen LogP contribution in [0.2, 0.25) is 0 Å². The summed E-state index contributed by atoms with van der Waals surface area (Å²) >= 11 is 0. The van der Waals surface area contributed by atoms with Gasteiger partial charge in [-0.25, -0.2) is 0 Å². The molecule has 2 unspecified atom stereocenters. The lowest BCUT2D eigenvalue weighted by molar-refractivity contribution is 0.148. The van der Waals surface area contributed by atoms with E-state index in [0.717, 1.165) is 38.5 Å². The van der Waals surface area contributed by atoms with Gasteiger partial charge in [-0.3, -0.25) is 0 Å². The van der Waals surface area contributed by atoms with Gasteiger partial charge in [0, 0.05) is 0 Å². The highest BCUT2D eigenvalue weighted by Crippen LogP contribution is 2.13. The molecule has 110 valence electrons. The minimum absolute atomic E-state index is 0.0702. The van der Waals surface area contributed by atoms with Crippen LogP contribution in [0.5, 0.6) is 0 Å². The molecule has 0 heterocycles. The predicted octanol–water partition coefficient (Wildman–Crippen LogP) is 4.43. The zero-order valence-electron chi connectivity index (χ0n) is 12.5. The van der Waals surface area contributed by atoms with Gasteiger partial charge in [-0.05, 0) is 25.7 Å². The van der Waals surface area contributed by atoms with Crippen molar-refractivity contribution in [3.8, 4) is 0 Å². The van der Waals surface area contributed by atoms with Crippen LogP contribution in [-0.2, 0) is 0 Å². The van der Waals surface area contributed by atoms with E-state index in [1.54, 1.807) is 0 Å². The van der Waals surface area contributed by atoms with E-state index in [1.165, 1.54) is 38.5 Å². The topological polar surface area (TPSA) is 40.5 Å². The van der Waals surface area contributed by atoms with Gasteiger partial charge in [0.1, 0.15) is 0 Å². The van der Waals surface area contributed by atoms with Crippen molar-refractivity contribution in [2.75, 3.05) is 0 Å². The summed E-state index contributed by atoms with van der Waals surface area (Å²) in [5.74, 6) is 0. The number of aliphatic hydroxyl groups is 2. The van der Waals surface area contributed by atoms with Crippen molar-refractivity contribution in [1.82, 2.24) is 0 Å². The standard InChI is InChI=1S/C16H34O2/c1-3-11-15(17)13-9-7-5-6-8-10-14-16(18)12-4-2/h15-18H,3-14H2,1-2H3. The third kappa shape index (κ3) is 12.4. The van der Waals surface area contributed by atoms with Crippen LogP contribution in [0.1, 0.15) is 90.9 Å². The molecule has 0 aliphatic rings. The summed E-state index contributed by atoms with van der Waals surface area (Å²) < 4.78 is 0. The van der Waals surface area contributed by atoms with E-state index in [4.69, 9.17) is 0 Å². The molecule has 0 bridgehead atoms. The molecule has 0 aliphatic carbocycles. The van der Waals surface area contributed by atoms with Crippen LogP contribution in [0.25, 0.3) is 0 Å². The van der Waals surface area contributed by atoms with Crippen LogP contribution < -0.4 is 0 Å². The Balaban J connectivity index is 3.11. The van der Waals surface area contributed by atoms with Gasteiger partial charge in [-0.2, -0.15) is 0 Å². The van der Waals surface area contributed by atoms with E-state index in [2.05, 4.69) is 13.8 Å². The Hall–Kier alpha value is -0.0800. The quantitative estimate of drug-likeness (QED) is 0.480. The molecule has 0 aromatic carbocycles. The Morgan fingerprint density at radius 3 is 1.22 bits per heavy atom. The third-order valence-electron chi connectivity index (χ3n) is 3.57. The Kier molecular flexibility index (Phi) is 13.3. The highest BCUT2D eigenvalue weighted by Gasteiger charge is 2.03. The van der Waals surface area contributed by atoms with E-state index in [0.29, 0.717) is 0 Å². The molecule has 0 radical (unpaired) electrons. The van der Waals surface area contributed by atoms with Crippen molar-refractivity contribution in [1.29, 1.82) is 0 Å². The predicted molar refractivity (Wildman–Crippen MR) is 78.8 cm³/mol. The van der Waals surface area contributed by atoms with E-state index < -0.39 is 0 Å². The second-order valence-corrected chi connectivity index (χ2v) is 5.58. The minimum Gasteiger partial charge on any atom is -0.393 e. The summed E-state index contributed by atoms with van der Waals surface area (Å²) in [6.45, 7) is 4.24. The molecule has 0 spiro atoms. The lowest BCUT2D eigenvalue weighted by Crippen LogP contribution is -2.05. The molecule has 0 amide bonds. The lowest BCUT2D eigenvalue weighted by Gasteiger charge is -2.09. The van der Waals surface area contributed by atoms with Gasteiger partial charge in [-0.15, -0.1) is 0 Å². The second kappa shape index (κ2) is 13.4. The summed E-state index contributed by atoms with van der Waals surface area (Å²) in [5, 5.41) is 19.1. The van der Waals surface area contributed by atoms with Gasteiger partial charge in [0.2, 0.25) is 0 Å². The molecule has 0 aliphatic heterocycles.